The number of nitrogens with zero attached hydrogens (tertiary/aromatic N) is 1. The second-order valence-corrected chi connectivity index (χ2v) is 5.12. The van der Waals surface area contributed by atoms with Gasteiger partial charge in [-0.15, -0.1) is 0 Å². The van der Waals surface area contributed by atoms with E-state index in [-0.39, 0.29) is 11.1 Å². The summed E-state index contributed by atoms with van der Waals surface area (Å²) in [7, 11) is 4.12. The Morgan fingerprint density at radius 1 is 1.08 bits per heavy atom. The van der Waals surface area contributed by atoms with Crippen molar-refractivity contribution in [2.45, 2.75) is 6.54 Å². The van der Waals surface area contributed by atoms with Crippen LogP contribution in [0.5, 0.6) is 5.75 Å². The Hall–Kier alpha value is -3.22. The Bertz CT molecular complexity index is 790. The lowest BCUT2D eigenvalue weighted by atomic mass is 10.1. The van der Waals surface area contributed by atoms with E-state index in [9.17, 15) is 9.59 Å². The summed E-state index contributed by atoms with van der Waals surface area (Å²) >= 11 is 0. The SMILES string of the molecule is COC(=O)/C(=C\N)c1c(C(=O)OC)ccn1Cc1ccc(OC)cc1. The number of aromatic nitrogens is 1. The topological polar surface area (TPSA) is 92.8 Å². The molecule has 0 aliphatic rings. The number of carbonyl (C=O) groups is 2. The molecule has 0 amide bonds. The van der Waals surface area contributed by atoms with Gasteiger partial charge >= 0.3 is 11.9 Å². The molecule has 7 nitrogen and oxygen atoms in total. The van der Waals surface area contributed by atoms with Gasteiger partial charge in [-0.25, -0.2) is 9.59 Å². The smallest absolute Gasteiger partial charge is 0.341 e. The molecule has 0 aliphatic heterocycles. The van der Waals surface area contributed by atoms with Gasteiger partial charge in [0.1, 0.15) is 5.75 Å². The van der Waals surface area contributed by atoms with Crippen molar-refractivity contribution in [1.82, 2.24) is 4.57 Å². The van der Waals surface area contributed by atoms with Crippen LogP contribution in [0.2, 0.25) is 0 Å². The van der Waals surface area contributed by atoms with E-state index < -0.39 is 11.9 Å². The summed E-state index contributed by atoms with van der Waals surface area (Å²) in [5, 5.41) is 0. The first kappa shape index (κ1) is 18.1. The average molecular weight is 344 g/mol. The van der Waals surface area contributed by atoms with Crippen LogP contribution in [0, 0.1) is 0 Å². The van der Waals surface area contributed by atoms with Crippen LogP contribution < -0.4 is 10.5 Å². The minimum absolute atomic E-state index is 0.0846. The van der Waals surface area contributed by atoms with Crippen molar-refractivity contribution in [2.75, 3.05) is 21.3 Å². The summed E-state index contributed by atoms with van der Waals surface area (Å²) in [5.41, 5.74) is 7.22. The summed E-state index contributed by atoms with van der Waals surface area (Å²) in [6, 6.07) is 9.03. The van der Waals surface area contributed by atoms with Gasteiger partial charge < -0.3 is 24.5 Å². The Balaban J connectivity index is 2.48. The molecule has 0 fully saturated rings. The minimum Gasteiger partial charge on any atom is -0.497 e. The monoisotopic (exact) mass is 344 g/mol. The van der Waals surface area contributed by atoms with Gasteiger partial charge in [0.25, 0.3) is 0 Å². The molecule has 1 aromatic heterocycles. The van der Waals surface area contributed by atoms with Gasteiger partial charge in [0, 0.05) is 18.9 Å². The van der Waals surface area contributed by atoms with Crippen molar-refractivity contribution in [3.8, 4) is 5.75 Å². The van der Waals surface area contributed by atoms with Crippen LogP contribution in [0.4, 0.5) is 0 Å². The molecule has 0 radical (unpaired) electrons. The molecule has 0 aliphatic carbocycles. The summed E-state index contributed by atoms with van der Waals surface area (Å²) in [5.74, 6) is -0.460. The summed E-state index contributed by atoms with van der Waals surface area (Å²) in [6.07, 6.45) is 2.82. The molecule has 0 unspecified atom stereocenters. The molecular formula is C18H20N2O5. The molecule has 0 bridgehead atoms. The predicted octanol–water partition coefficient (Wildman–Crippen LogP) is 1.80. The zero-order valence-corrected chi connectivity index (χ0v) is 14.3. The number of hydrogen-bond donors (Lipinski definition) is 1. The van der Waals surface area contributed by atoms with E-state index >= 15 is 0 Å². The molecule has 132 valence electrons. The predicted molar refractivity (Wildman–Crippen MR) is 92.0 cm³/mol. The number of rotatable bonds is 6. The highest BCUT2D eigenvalue weighted by Crippen LogP contribution is 2.24. The molecular weight excluding hydrogens is 324 g/mol. The first-order valence-electron chi connectivity index (χ1n) is 7.46. The van der Waals surface area contributed by atoms with Crippen LogP contribution in [-0.4, -0.2) is 37.8 Å². The maximum Gasteiger partial charge on any atom is 0.341 e. The van der Waals surface area contributed by atoms with Gasteiger partial charge in [0.05, 0.1) is 38.2 Å². The fourth-order valence-electron chi connectivity index (χ4n) is 2.46. The number of carbonyl (C=O) groups excluding carboxylic acids is 2. The van der Waals surface area contributed by atoms with Crippen molar-refractivity contribution in [3.05, 3.63) is 59.5 Å². The second-order valence-electron chi connectivity index (χ2n) is 5.12. The van der Waals surface area contributed by atoms with Crippen molar-refractivity contribution in [1.29, 1.82) is 0 Å². The lowest BCUT2D eigenvalue weighted by molar-refractivity contribution is -0.133. The molecule has 25 heavy (non-hydrogen) atoms. The molecule has 0 saturated heterocycles. The van der Waals surface area contributed by atoms with Gasteiger partial charge in [-0.1, -0.05) is 12.1 Å². The Morgan fingerprint density at radius 3 is 2.28 bits per heavy atom. The molecule has 0 saturated carbocycles. The normalized spacial score (nSPS) is 11.1. The van der Waals surface area contributed by atoms with Gasteiger partial charge in [-0.05, 0) is 23.8 Å². The number of benzene rings is 1. The molecule has 7 heteroatoms. The Kier molecular flexibility index (Phi) is 5.84. The highest BCUT2D eigenvalue weighted by Gasteiger charge is 2.24. The van der Waals surface area contributed by atoms with E-state index in [2.05, 4.69) is 0 Å². The summed E-state index contributed by atoms with van der Waals surface area (Å²) < 4.78 is 16.4. The van der Waals surface area contributed by atoms with Crippen molar-refractivity contribution < 1.29 is 23.8 Å². The standard InChI is InChI=1S/C18H20N2O5/c1-23-13-6-4-12(5-7-13)11-20-9-8-14(17(21)24-2)16(20)15(10-19)18(22)25-3/h4-10H,11,19H2,1-3H3/b15-10-. The van der Waals surface area contributed by atoms with Crippen LogP contribution in [0.3, 0.4) is 0 Å². The van der Waals surface area contributed by atoms with E-state index in [1.807, 2.05) is 24.3 Å². The third-order valence-electron chi connectivity index (χ3n) is 3.71. The van der Waals surface area contributed by atoms with Crippen LogP contribution in [-0.2, 0) is 20.8 Å². The number of methoxy groups -OCH3 is 3. The number of esters is 2. The Labute approximate surface area is 145 Å². The number of hydrogen-bond acceptors (Lipinski definition) is 6. The zero-order valence-electron chi connectivity index (χ0n) is 14.3. The summed E-state index contributed by atoms with van der Waals surface area (Å²) in [6.45, 7) is 0.421. The van der Waals surface area contributed by atoms with Crippen LogP contribution in [0.1, 0.15) is 21.6 Å². The lowest BCUT2D eigenvalue weighted by Gasteiger charge is -2.13. The first-order valence-corrected chi connectivity index (χ1v) is 7.46. The maximum absolute atomic E-state index is 12.0. The highest BCUT2D eigenvalue weighted by atomic mass is 16.5. The van der Waals surface area contributed by atoms with E-state index in [0.29, 0.717) is 12.2 Å². The maximum atomic E-state index is 12.0. The molecule has 1 heterocycles. The fourth-order valence-corrected chi connectivity index (χ4v) is 2.46. The average Bonchev–Trinajstić information content (AvgIpc) is 3.05. The van der Waals surface area contributed by atoms with Gasteiger partial charge in [0.15, 0.2) is 0 Å². The van der Waals surface area contributed by atoms with E-state index in [1.165, 1.54) is 14.2 Å². The third kappa shape index (κ3) is 3.82. The van der Waals surface area contributed by atoms with Gasteiger partial charge in [0.2, 0.25) is 0 Å². The molecule has 2 rings (SSSR count). The van der Waals surface area contributed by atoms with Gasteiger partial charge in [-0.3, -0.25) is 0 Å². The number of ether oxygens (including phenoxy) is 3. The second kappa shape index (κ2) is 8.05. The van der Waals surface area contributed by atoms with Crippen molar-refractivity contribution in [3.63, 3.8) is 0 Å². The molecule has 0 atom stereocenters. The van der Waals surface area contributed by atoms with E-state index in [1.54, 1.807) is 23.9 Å². The Morgan fingerprint density at radius 2 is 1.76 bits per heavy atom. The van der Waals surface area contributed by atoms with E-state index in [4.69, 9.17) is 19.9 Å². The molecule has 1 aromatic carbocycles. The summed E-state index contributed by atoms with van der Waals surface area (Å²) in [4.78, 5) is 24.1. The third-order valence-corrected chi connectivity index (χ3v) is 3.71. The molecule has 2 aromatic rings. The number of nitrogens with two attached hydrogens (primary N) is 1. The first-order chi connectivity index (χ1) is 12.0. The van der Waals surface area contributed by atoms with Gasteiger partial charge in [-0.2, -0.15) is 0 Å². The van der Waals surface area contributed by atoms with Crippen LogP contribution in [0.15, 0.2) is 42.7 Å². The van der Waals surface area contributed by atoms with Crippen LogP contribution >= 0.6 is 0 Å². The quantitative estimate of drug-likeness (QED) is 0.634. The molecule has 2 N–H and O–H groups in total. The van der Waals surface area contributed by atoms with E-state index in [0.717, 1.165) is 17.5 Å². The minimum atomic E-state index is -0.637. The van der Waals surface area contributed by atoms with Crippen molar-refractivity contribution in [2.24, 2.45) is 5.73 Å². The van der Waals surface area contributed by atoms with Crippen molar-refractivity contribution >= 4 is 17.5 Å². The highest BCUT2D eigenvalue weighted by molar-refractivity contribution is 6.18. The lowest BCUT2D eigenvalue weighted by Crippen LogP contribution is -2.15. The molecule has 0 spiro atoms. The zero-order chi connectivity index (χ0) is 18.4. The van der Waals surface area contributed by atoms with Crippen LogP contribution in [0.25, 0.3) is 5.57 Å². The largest absolute Gasteiger partial charge is 0.497 e. The fraction of sp³-hybridized carbons (Fsp3) is 0.222.